The van der Waals surface area contributed by atoms with Crippen molar-refractivity contribution in [1.29, 1.82) is 0 Å². The van der Waals surface area contributed by atoms with Crippen LogP contribution in [0, 0.1) is 6.92 Å². The van der Waals surface area contributed by atoms with Crippen molar-refractivity contribution >= 4 is 0 Å². The maximum atomic E-state index is 5.84. The summed E-state index contributed by atoms with van der Waals surface area (Å²) in [6.07, 6.45) is 4.32. The molecule has 0 radical (unpaired) electrons. The maximum Gasteiger partial charge on any atom is 0.171 e. The van der Waals surface area contributed by atoms with Gasteiger partial charge < -0.3 is 13.7 Å². The van der Waals surface area contributed by atoms with Gasteiger partial charge in [0.2, 0.25) is 0 Å². The van der Waals surface area contributed by atoms with Gasteiger partial charge in [0.1, 0.15) is 23.9 Å². The fraction of sp³-hybridized carbons (Fsp3) is 0.421. The second-order valence-electron chi connectivity index (χ2n) is 6.71. The number of fused-ring (bicyclic) bond motifs is 1. The third kappa shape index (κ3) is 3.62. The largest absolute Gasteiger partial charge is 0.484 e. The molecule has 0 aliphatic carbocycles. The summed E-state index contributed by atoms with van der Waals surface area (Å²) in [7, 11) is 0. The zero-order chi connectivity index (χ0) is 17.9. The minimum Gasteiger partial charge on any atom is -0.484 e. The molecule has 0 N–H and O–H groups in total. The zero-order valence-corrected chi connectivity index (χ0v) is 15.1. The molecule has 0 fully saturated rings. The molecule has 0 saturated carbocycles. The number of aromatic nitrogens is 4. The van der Waals surface area contributed by atoms with Crippen LogP contribution in [-0.4, -0.2) is 37.2 Å². The number of hydrogen-bond acceptors (Lipinski definition) is 6. The standard InChI is InChI=1S/C19H23N5O2/c1-14-5-6-16(11-20-14)26-13-19-22-21-18-10-15(2)23(7-8-24(18)19)12-17-4-3-9-25-17/h3-6,9,11,15H,7-8,10,12-13H2,1-2H3/t15-/m1/s1. The van der Waals surface area contributed by atoms with Gasteiger partial charge in [-0.25, -0.2) is 0 Å². The van der Waals surface area contributed by atoms with Crippen molar-refractivity contribution in [2.45, 2.75) is 46.0 Å². The highest BCUT2D eigenvalue weighted by atomic mass is 16.5. The van der Waals surface area contributed by atoms with E-state index in [9.17, 15) is 0 Å². The fourth-order valence-corrected chi connectivity index (χ4v) is 3.26. The third-order valence-corrected chi connectivity index (χ3v) is 4.81. The Morgan fingerprint density at radius 3 is 2.92 bits per heavy atom. The van der Waals surface area contributed by atoms with Crippen LogP contribution in [0.4, 0.5) is 0 Å². The molecule has 7 nitrogen and oxygen atoms in total. The molecule has 0 saturated heterocycles. The summed E-state index contributed by atoms with van der Waals surface area (Å²) in [5.74, 6) is 3.60. The second kappa shape index (κ2) is 7.29. The maximum absolute atomic E-state index is 5.84. The summed E-state index contributed by atoms with van der Waals surface area (Å²) in [6, 6.07) is 8.19. The highest BCUT2D eigenvalue weighted by Crippen LogP contribution is 2.18. The number of furan rings is 1. The normalized spacial score (nSPS) is 17.7. The predicted octanol–water partition coefficient (Wildman–Crippen LogP) is 2.60. The average molecular weight is 353 g/mol. The van der Waals surface area contributed by atoms with Crippen molar-refractivity contribution in [2.24, 2.45) is 0 Å². The van der Waals surface area contributed by atoms with Crippen molar-refractivity contribution in [3.05, 3.63) is 59.8 Å². The fourth-order valence-electron chi connectivity index (χ4n) is 3.26. The number of hydrogen-bond donors (Lipinski definition) is 0. The van der Waals surface area contributed by atoms with E-state index >= 15 is 0 Å². The van der Waals surface area contributed by atoms with Crippen LogP contribution in [0.15, 0.2) is 41.1 Å². The van der Waals surface area contributed by atoms with Crippen molar-refractivity contribution in [2.75, 3.05) is 6.54 Å². The van der Waals surface area contributed by atoms with E-state index in [0.29, 0.717) is 12.6 Å². The number of ether oxygens (including phenoxy) is 1. The molecule has 136 valence electrons. The highest BCUT2D eigenvalue weighted by molar-refractivity contribution is 5.19. The molecule has 3 aromatic rings. The van der Waals surface area contributed by atoms with E-state index < -0.39 is 0 Å². The first-order valence-electron chi connectivity index (χ1n) is 8.92. The van der Waals surface area contributed by atoms with Crippen LogP contribution in [0.5, 0.6) is 5.75 Å². The Morgan fingerprint density at radius 1 is 1.23 bits per heavy atom. The van der Waals surface area contributed by atoms with Gasteiger partial charge in [-0.15, -0.1) is 10.2 Å². The Kier molecular flexibility index (Phi) is 4.71. The quantitative estimate of drug-likeness (QED) is 0.702. The molecule has 0 amide bonds. The summed E-state index contributed by atoms with van der Waals surface area (Å²) in [5.41, 5.74) is 0.972. The molecule has 0 bridgehead atoms. The molecule has 1 aliphatic heterocycles. The Hall–Kier alpha value is -2.67. The topological polar surface area (TPSA) is 69.2 Å². The first kappa shape index (κ1) is 16.8. The lowest BCUT2D eigenvalue weighted by molar-refractivity contribution is 0.186. The Labute approximate surface area is 152 Å². The SMILES string of the molecule is Cc1ccc(OCc2nnc3n2CCN(Cc2ccco2)[C@H](C)C3)cn1. The molecule has 0 unspecified atom stereocenters. The Morgan fingerprint density at radius 2 is 2.15 bits per heavy atom. The predicted molar refractivity (Wildman–Crippen MR) is 95.6 cm³/mol. The lowest BCUT2D eigenvalue weighted by atomic mass is 10.2. The second-order valence-corrected chi connectivity index (χ2v) is 6.71. The van der Waals surface area contributed by atoms with Crippen molar-refractivity contribution in [3.63, 3.8) is 0 Å². The summed E-state index contributed by atoms with van der Waals surface area (Å²) >= 11 is 0. The molecule has 1 atom stereocenters. The van der Waals surface area contributed by atoms with E-state index in [2.05, 4.69) is 31.6 Å². The van der Waals surface area contributed by atoms with E-state index in [1.165, 1.54) is 0 Å². The first-order valence-corrected chi connectivity index (χ1v) is 8.92. The van der Waals surface area contributed by atoms with Gasteiger partial charge >= 0.3 is 0 Å². The number of rotatable bonds is 5. The van der Waals surface area contributed by atoms with Crippen molar-refractivity contribution in [1.82, 2.24) is 24.6 Å². The Balaban J connectivity index is 1.43. The third-order valence-electron chi connectivity index (χ3n) is 4.81. The van der Waals surface area contributed by atoms with E-state index in [4.69, 9.17) is 9.15 Å². The molecule has 4 rings (SSSR count). The van der Waals surface area contributed by atoms with Gasteiger partial charge in [0.15, 0.2) is 5.82 Å². The van der Waals surface area contributed by atoms with Gasteiger partial charge in [-0.1, -0.05) is 0 Å². The molecule has 4 heterocycles. The first-order chi connectivity index (χ1) is 12.7. The Bertz CT molecular complexity index is 841. The van der Waals surface area contributed by atoms with Gasteiger partial charge in [0, 0.05) is 31.2 Å². The number of nitrogens with zero attached hydrogens (tertiary/aromatic N) is 5. The van der Waals surface area contributed by atoms with Crippen LogP contribution in [-0.2, 0) is 26.1 Å². The lowest BCUT2D eigenvalue weighted by Gasteiger charge is -2.25. The monoisotopic (exact) mass is 353 g/mol. The lowest BCUT2D eigenvalue weighted by Crippen LogP contribution is -2.34. The number of aryl methyl sites for hydroxylation is 1. The summed E-state index contributed by atoms with van der Waals surface area (Å²) < 4.78 is 13.5. The molecular formula is C19H23N5O2. The van der Waals surface area contributed by atoms with E-state index in [-0.39, 0.29) is 0 Å². The van der Waals surface area contributed by atoms with E-state index in [1.807, 2.05) is 31.2 Å². The van der Waals surface area contributed by atoms with Gasteiger partial charge in [0.05, 0.1) is 19.0 Å². The molecule has 3 aromatic heterocycles. The van der Waals surface area contributed by atoms with Crippen molar-refractivity contribution < 1.29 is 9.15 Å². The summed E-state index contributed by atoms with van der Waals surface area (Å²) in [4.78, 5) is 6.67. The van der Waals surface area contributed by atoms with Crippen LogP contribution in [0.25, 0.3) is 0 Å². The van der Waals surface area contributed by atoms with Crippen molar-refractivity contribution in [3.8, 4) is 5.75 Å². The summed E-state index contributed by atoms with van der Waals surface area (Å²) in [5, 5.41) is 8.73. The minimum absolute atomic E-state index is 0.376. The van der Waals surface area contributed by atoms with Gasteiger partial charge in [-0.2, -0.15) is 0 Å². The molecular weight excluding hydrogens is 330 g/mol. The molecule has 26 heavy (non-hydrogen) atoms. The molecule has 7 heteroatoms. The smallest absolute Gasteiger partial charge is 0.171 e. The zero-order valence-electron chi connectivity index (χ0n) is 15.1. The van der Waals surface area contributed by atoms with Crippen LogP contribution in [0.3, 0.4) is 0 Å². The average Bonchev–Trinajstić information content (AvgIpc) is 3.25. The van der Waals surface area contributed by atoms with Crippen LogP contribution < -0.4 is 4.74 Å². The molecule has 0 aromatic carbocycles. The van der Waals surface area contributed by atoms with Gasteiger partial charge in [0.25, 0.3) is 0 Å². The van der Waals surface area contributed by atoms with E-state index in [1.54, 1.807) is 12.5 Å². The van der Waals surface area contributed by atoms with Crippen LogP contribution >= 0.6 is 0 Å². The minimum atomic E-state index is 0.376. The van der Waals surface area contributed by atoms with Crippen LogP contribution in [0.2, 0.25) is 0 Å². The molecule has 0 spiro atoms. The highest BCUT2D eigenvalue weighted by Gasteiger charge is 2.24. The summed E-state index contributed by atoms with van der Waals surface area (Å²) in [6.45, 7) is 7.15. The number of pyridine rings is 1. The van der Waals surface area contributed by atoms with E-state index in [0.717, 1.165) is 54.9 Å². The molecule has 1 aliphatic rings. The van der Waals surface area contributed by atoms with Gasteiger partial charge in [-0.05, 0) is 38.1 Å². The van der Waals surface area contributed by atoms with Crippen LogP contribution in [0.1, 0.15) is 30.0 Å². The van der Waals surface area contributed by atoms with Gasteiger partial charge in [-0.3, -0.25) is 9.88 Å².